The Labute approximate surface area is 77.1 Å². The third-order valence-electron chi connectivity index (χ3n) is 3.01. The van der Waals surface area contributed by atoms with Crippen LogP contribution in [0.5, 0.6) is 0 Å². The van der Waals surface area contributed by atoms with Crippen LogP contribution < -0.4 is 5.73 Å². The number of nitrogens with two attached hydrogens (primary N) is 1. The lowest BCUT2D eigenvalue weighted by molar-refractivity contribution is -0.0845. The van der Waals surface area contributed by atoms with E-state index in [4.69, 9.17) is 5.73 Å². The first-order valence-electron chi connectivity index (χ1n) is 4.68. The summed E-state index contributed by atoms with van der Waals surface area (Å²) in [5, 5.41) is 9.75. The van der Waals surface area contributed by atoms with E-state index < -0.39 is 11.5 Å². The summed E-state index contributed by atoms with van der Waals surface area (Å²) in [5.41, 5.74) is 4.39. The van der Waals surface area contributed by atoms with Crippen LogP contribution in [0.2, 0.25) is 0 Å². The number of rotatable bonds is 2. The van der Waals surface area contributed by atoms with E-state index in [-0.39, 0.29) is 25.3 Å². The molecule has 0 radical (unpaired) electrons. The van der Waals surface area contributed by atoms with Crippen molar-refractivity contribution in [3.8, 4) is 0 Å². The van der Waals surface area contributed by atoms with E-state index in [0.29, 0.717) is 12.8 Å². The maximum atomic E-state index is 12.8. The van der Waals surface area contributed by atoms with Crippen molar-refractivity contribution in [2.45, 2.75) is 44.1 Å². The van der Waals surface area contributed by atoms with E-state index in [1.54, 1.807) is 6.92 Å². The summed E-state index contributed by atoms with van der Waals surface area (Å²) in [6.07, 6.45) is 0.510. The topological polar surface area (TPSA) is 46.2 Å². The van der Waals surface area contributed by atoms with Crippen LogP contribution in [-0.4, -0.2) is 23.2 Å². The van der Waals surface area contributed by atoms with Gasteiger partial charge >= 0.3 is 0 Å². The molecule has 1 unspecified atom stereocenters. The third kappa shape index (κ3) is 2.61. The molecule has 0 aromatic carbocycles. The fraction of sp³-hybridized carbons (Fsp3) is 1.00. The van der Waals surface area contributed by atoms with Gasteiger partial charge in [-0.25, -0.2) is 8.78 Å². The monoisotopic (exact) mass is 193 g/mol. The number of hydrogen-bond donors (Lipinski definition) is 2. The molecule has 0 bridgehead atoms. The van der Waals surface area contributed by atoms with Crippen LogP contribution in [0.3, 0.4) is 0 Å². The molecule has 0 aromatic rings. The Bertz CT molecular complexity index is 172. The van der Waals surface area contributed by atoms with Gasteiger partial charge in [0.1, 0.15) is 0 Å². The van der Waals surface area contributed by atoms with Crippen molar-refractivity contribution in [2.75, 3.05) is 6.54 Å². The van der Waals surface area contributed by atoms with Gasteiger partial charge in [0.2, 0.25) is 5.92 Å². The van der Waals surface area contributed by atoms with Crippen molar-refractivity contribution in [1.29, 1.82) is 0 Å². The van der Waals surface area contributed by atoms with Gasteiger partial charge in [0.15, 0.2) is 0 Å². The Hall–Kier alpha value is -0.220. The van der Waals surface area contributed by atoms with E-state index in [0.717, 1.165) is 0 Å². The number of alkyl halides is 2. The van der Waals surface area contributed by atoms with E-state index in [9.17, 15) is 13.9 Å². The van der Waals surface area contributed by atoms with Crippen LogP contribution in [-0.2, 0) is 0 Å². The molecule has 0 spiro atoms. The summed E-state index contributed by atoms with van der Waals surface area (Å²) < 4.78 is 25.5. The molecule has 0 heterocycles. The van der Waals surface area contributed by atoms with Crippen LogP contribution in [0.1, 0.15) is 32.6 Å². The standard InChI is InChI=1S/C9H17F2NO/c1-8(13,6-12)7-2-4-9(10,11)5-3-7/h7,13H,2-6,12H2,1H3. The van der Waals surface area contributed by atoms with Gasteiger partial charge in [-0.2, -0.15) is 0 Å². The SMILES string of the molecule is CC(O)(CN)C1CCC(F)(F)CC1. The highest BCUT2D eigenvalue weighted by molar-refractivity contribution is 4.88. The highest BCUT2D eigenvalue weighted by Crippen LogP contribution is 2.40. The molecule has 2 nitrogen and oxygen atoms in total. The van der Waals surface area contributed by atoms with Gasteiger partial charge in [-0.15, -0.1) is 0 Å². The zero-order valence-corrected chi connectivity index (χ0v) is 7.89. The van der Waals surface area contributed by atoms with Crippen molar-refractivity contribution in [2.24, 2.45) is 11.7 Å². The molecule has 1 saturated carbocycles. The van der Waals surface area contributed by atoms with Crippen molar-refractivity contribution in [3.05, 3.63) is 0 Å². The summed E-state index contributed by atoms with van der Waals surface area (Å²) in [5.74, 6) is -2.60. The largest absolute Gasteiger partial charge is 0.389 e. The average molecular weight is 193 g/mol. The number of halogens is 2. The summed E-state index contributed by atoms with van der Waals surface area (Å²) >= 11 is 0. The Kier molecular flexibility index (Phi) is 2.92. The molecular weight excluding hydrogens is 176 g/mol. The molecule has 3 N–H and O–H groups in total. The predicted molar refractivity (Wildman–Crippen MR) is 46.6 cm³/mol. The Morgan fingerprint density at radius 1 is 1.46 bits per heavy atom. The maximum Gasteiger partial charge on any atom is 0.248 e. The van der Waals surface area contributed by atoms with Gasteiger partial charge in [0, 0.05) is 19.4 Å². The molecule has 1 aliphatic carbocycles. The molecule has 0 aliphatic heterocycles. The molecule has 0 saturated heterocycles. The molecule has 1 rings (SSSR count). The first kappa shape index (κ1) is 10.9. The lowest BCUT2D eigenvalue weighted by Gasteiger charge is -2.37. The fourth-order valence-corrected chi connectivity index (χ4v) is 1.83. The summed E-state index contributed by atoms with van der Waals surface area (Å²) in [7, 11) is 0. The van der Waals surface area contributed by atoms with Gasteiger partial charge in [-0.05, 0) is 25.7 Å². The third-order valence-corrected chi connectivity index (χ3v) is 3.01. The number of hydrogen-bond acceptors (Lipinski definition) is 2. The first-order valence-corrected chi connectivity index (χ1v) is 4.68. The molecule has 1 aliphatic rings. The van der Waals surface area contributed by atoms with Crippen LogP contribution in [0.4, 0.5) is 8.78 Å². The lowest BCUT2D eigenvalue weighted by atomic mass is 9.76. The molecule has 13 heavy (non-hydrogen) atoms. The minimum Gasteiger partial charge on any atom is -0.389 e. The Balaban J connectivity index is 2.50. The zero-order valence-electron chi connectivity index (χ0n) is 7.89. The highest BCUT2D eigenvalue weighted by atomic mass is 19.3. The molecule has 78 valence electrons. The van der Waals surface area contributed by atoms with Crippen molar-refractivity contribution in [3.63, 3.8) is 0 Å². The number of aliphatic hydroxyl groups is 1. The quantitative estimate of drug-likeness (QED) is 0.698. The minimum absolute atomic E-state index is 0.0721. The fourth-order valence-electron chi connectivity index (χ4n) is 1.83. The first-order chi connectivity index (χ1) is 5.87. The normalized spacial score (nSPS) is 28.4. The Morgan fingerprint density at radius 3 is 2.31 bits per heavy atom. The van der Waals surface area contributed by atoms with Crippen molar-refractivity contribution >= 4 is 0 Å². The minimum atomic E-state index is -2.53. The summed E-state index contributed by atoms with van der Waals surface area (Å²) in [6, 6.07) is 0. The van der Waals surface area contributed by atoms with Gasteiger partial charge in [0.05, 0.1) is 5.60 Å². The van der Waals surface area contributed by atoms with Gasteiger partial charge in [-0.1, -0.05) is 0 Å². The van der Waals surface area contributed by atoms with Gasteiger partial charge < -0.3 is 10.8 Å². The lowest BCUT2D eigenvalue weighted by Crippen LogP contribution is -2.44. The smallest absolute Gasteiger partial charge is 0.248 e. The molecule has 4 heteroatoms. The van der Waals surface area contributed by atoms with Gasteiger partial charge in [-0.3, -0.25) is 0 Å². The molecule has 0 aromatic heterocycles. The summed E-state index contributed by atoms with van der Waals surface area (Å²) in [6.45, 7) is 1.77. The van der Waals surface area contributed by atoms with Crippen LogP contribution in [0.25, 0.3) is 0 Å². The van der Waals surface area contributed by atoms with E-state index in [2.05, 4.69) is 0 Å². The maximum absolute atomic E-state index is 12.8. The van der Waals surface area contributed by atoms with Gasteiger partial charge in [0.25, 0.3) is 0 Å². The molecule has 1 atom stereocenters. The zero-order chi connectivity index (χ0) is 10.1. The van der Waals surface area contributed by atoms with Crippen molar-refractivity contribution in [1.82, 2.24) is 0 Å². The van der Waals surface area contributed by atoms with Crippen LogP contribution in [0.15, 0.2) is 0 Å². The average Bonchev–Trinajstić information content (AvgIpc) is 2.04. The molecular formula is C9H17F2NO. The van der Waals surface area contributed by atoms with Crippen LogP contribution >= 0.6 is 0 Å². The van der Waals surface area contributed by atoms with Crippen LogP contribution in [0, 0.1) is 5.92 Å². The second kappa shape index (κ2) is 3.50. The van der Waals surface area contributed by atoms with E-state index >= 15 is 0 Å². The second-order valence-electron chi connectivity index (χ2n) is 4.19. The molecule has 1 fully saturated rings. The van der Waals surface area contributed by atoms with E-state index in [1.807, 2.05) is 0 Å². The Morgan fingerprint density at radius 2 is 1.92 bits per heavy atom. The molecule has 0 amide bonds. The van der Waals surface area contributed by atoms with Crippen molar-refractivity contribution < 1.29 is 13.9 Å². The summed E-state index contributed by atoms with van der Waals surface area (Å²) in [4.78, 5) is 0. The van der Waals surface area contributed by atoms with E-state index in [1.165, 1.54) is 0 Å². The predicted octanol–water partition coefficient (Wildman–Crippen LogP) is 1.52. The highest BCUT2D eigenvalue weighted by Gasteiger charge is 2.40. The second-order valence-corrected chi connectivity index (χ2v) is 4.19.